The average molecular weight is 302 g/mol. The minimum absolute atomic E-state index is 0.747. The first-order valence-electron chi connectivity index (χ1n) is 5.62. The molecule has 0 fully saturated rings. The van der Waals surface area contributed by atoms with Crippen LogP contribution >= 0.6 is 27.7 Å². The van der Waals surface area contributed by atoms with Gasteiger partial charge in [-0.3, -0.25) is 0 Å². The summed E-state index contributed by atoms with van der Waals surface area (Å²) in [7, 11) is 0. The van der Waals surface area contributed by atoms with Gasteiger partial charge in [-0.2, -0.15) is 11.8 Å². The SMILES string of the molecule is CSC(C)CCNCc1ccc(C)c(Br)c1. The predicted molar refractivity (Wildman–Crippen MR) is 78.2 cm³/mol. The van der Waals surface area contributed by atoms with Gasteiger partial charge in [0.25, 0.3) is 0 Å². The topological polar surface area (TPSA) is 12.0 Å². The fourth-order valence-electron chi connectivity index (χ4n) is 1.40. The number of rotatable bonds is 6. The Kier molecular flexibility index (Phi) is 6.47. The third-order valence-electron chi connectivity index (χ3n) is 2.70. The Hall–Kier alpha value is 0.01000. The Morgan fingerprint density at radius 3 is 2.81 bits per heavy atom. The molecule has 0 spiro atoms. The van der Waals surface area contributed by atoms with Crippen LogP contribution in [0.5, 0.6) is 0 Å². The second-order valence-corrected chi connectivity index (χ2v) is 6.23. The third kappa shape index (κ3) is 4.89. The quantitative estimate of drug-likeness (QED) is 0.798. The predicted octanol–water partition coefficient (Wildman–Crippen LogP) is 3.99. The zero-order chi connectivity index (χ0) is 12.0. The highest BCUT2D eigenvalue weighted by atomic mass is 79.9. The maximum absolute atomic E-state index is 3.56. The fraction of sp³-hybridized carbons (Fsp3) is 0.538. The van der Waals surface area contributed by atoms with Gasteiger partial charge in [-0.25, -0.2) is 0 Å². The van der Waals surface area contributed by atoms with Gasteiger partial charge in [0.2, 0.25) is 0 Å². The lowest BCUT2D eigenvalue weighted by Crippen LogP contribution is -2.17. The number of hydrogen-bond donors (Lipinski definition) is 1. The van der Waals surface area contributed by atoms with E-state index in [2.05, 4.69) is 59.5 Å². The zero-order valence-electron chi connectivity index (χ0n) is 10.2. The molecular weight excluding hydrogens is 282 g/mol. The summed E-state index contributed by atoms with van der Waals surface area (Å²) < 4.78 is 1.20. The van der Waals surface area contributed by atoms with Crippen LogP contribution in [0, 0.1) is 6.92 Å². The van der Waals surface area contributed by atoms with Crippen LogP contribution in [0.1, 0.15) is 24.5 Å². The van der Waals surface area contributed by atoms with Gasteiger partial charge in [-0.15, -0.1) is 0 Å². The monoisotopic (exact) mass is 301 g/mol. The molecule has 1 nitrogen and oxygen atoms in total. The van der Waals surface area contributed by atoms with Crippen molar-refractivity contribution in [1.29, 1.82) is 0 Å². The summed E-state index contributed by atoms with van der Waals surface area (Å²) in [6.45, 7) is 6.43. The average Bonchev–Trinajstić information content (AvgIpc) is 2.28. The Morgan fingerprint density at radius 1 is 1.44 bits per heavy atom. The molecule has 1 aromatic carbocycles. The highest BCUT2D eigenvalue weighted by Crippen LogP contribution is 2.17. The van der Waals surface area contributed by atoms with Gasteiger partial charge in [-0.05, 0) is 43.3 Å². The van der Waals surface area contributed by atoms with Gasteiger partial charge in [-0.1, -0.05) is 35.0 Å². The van der Waals surface area contributed by atoms with Crippen LogP contribution in [0.4, 0.5) is 0 Å². The van der Waals surface area contributed by atoms with Crippen LogP contribution in [0.3, 0.4) is 0 Å². The van der Waals surface area contributed by atoms with Crippen molar-refractivity contribution in [2.45, 2.75) is 32.1 Å². The molecule has 0 aliphatic heterocycles. The highest BCUT2D eigenvalue weighted by Gasteiger charge is 2.00. The molecule has 0 saturated carbocycles. The molecule has 0 bridgehead atoms. The van der Waals surface area contributed by atoms with E-state index < -0.39 is 0 Å². The largest absolute Gasteiger partial charge is 0.313 e. The molecule has 0 saturated heterocycles. The van der Waals surface area contributed by atoms with E-state index in [0.29, 0.717) is 0 Å². The van der Waals surface area contributed by atoms with Gasteiger partial charge in [0.1, 0.15) is 0 Å². The summed E-state index contributed by atoms with van der Waals surface area (Å²) in [5.41, 5.74) is 2.63. The standard InChI is InChI=1S/C13H20BrNS/c1-10-4-5-12(8-13(10)14)9-15-7-6-11(2)16-3/h4-5,8,11,15H,6-7,9H2,1-3H3. The van der Waals surface area contributed by atoms with E-state index in [9.17, 15) is 0 Å². The van der Waals surface area contributed by atoms with E-state index in [1.54, 1.807) is 0 Å². The smallest absolute Gasteiger partial charge is 0.0207 e. The van der Waals surface area contributed by atoms with Gasteiger partial charge in [0.15, 0.2) is 0 Å². The van der Waals surface area contributed by atoms with Gasteiger partial charge >= 0.3 is 0 Å². The van der Waals surface area contributed by atoms with Crippen molar-refractivity contribution < 1.29 is 0 Å². The van der Waals surface area contributed by atoms with E-state index in [-0.39, 0.29) is 0 Å². The minimum Gasteiger partial charge on any atom is -0.313 e. The van der Waals surface area contributed by atoms with E-state index in [4.69, 9.17) is 0 Å². The number of hydrogen-bond acceptors (Lipinski definition) is 2. The minimum atomic E-state index is 0.747. The number of thioether (sulfide) groups is 1. The number of nitrogens with one attached hydrogen (secondary N) is 1. The summed E-state index contributed by atoms with van der Waals surface area (Å²) in [5.74, 6) is 0. The maximum atomic E-state index is 3.56. The normalized spacial score (nSPS) is 12.8. The molecule has 0 aliphatic carbocycles. The van der Waals surface area contributed by atoms with Gasteiger partial charge in [0, 0.05) is 16.3 Å². The lowest BCUT2D eigenvalue weighted by atomic mass is 10.1. The summed E-state index contributed by atoms with van der Waals surface area (Å²) in [6, 6.07) is 6.54. The molecule has 1 atom stereocenters. The van der Waals surface area contributed by atoms with Gasteiger partial charge < -0.3 is 5.32 Å². The van der Waals surface area contributed by atoms with Crippen molar-refractivity contribution in [3.63, 3.8) is 0 Å². The number of halogens is 1. The summed E-state index contributed by atoms with van der Waals surface area (Å²) in [5, 5.41) is 4.23. The van der Waals surface area contributed by atoms with Crippen molar-refractivity contribution in [3.8, 4) is 0 Å². The zero-order valence-corrected chi connectivity index (χ0v) is 12.6. The molecule has 1 rings (SSSR count). The first kappa shape index (κ1) is 14.1. The van der Waals surface area contributed by atoms with E-state index in [1.165, 1.54) is 22.0 Å². The van der Waals surface area contributed by atoms with Crippen molar-refractivity contribution in [3.05, 3.63) is 33.8 Å². The maximum Gasteiger partial charge on any atom is 0.0207 e. The van der Waals surface area contributed by atoms with Crippen molar-refractivity contribution in [1.82, 2.24) is 5.32 Å². The Morgan fingerprint density at radius 2 is 2.19 bits per heavy atom. The Bertz CT molecular complexity index is 328. The summed E-state index contributed by atoms with van der Waals surface area (Å²) in [6.07, 6.45) is 3.40. The molecule has 0 radical (unpaired) electrons. The van der Waals surface area contributed by atoms with E-state index in [1.807, 2.05) is 11.8 Å². The lowest BCUT2D eigenvalue weighted by Gasteiger charge is -2.09. The molecule has 0 aliphatic rings. The molecular formula is C13H20BrNS. The van der Waals surface area contributed by atoms with Crippen molar-refractivity contribution >= 4 is 27.7 Å². The van der Waals surface area contributed by atoms with Crippen molar-refractivity contribution in [2.24, 2.45) is 0 Å². The molecule has 0 amide bonds. The Balaban J connectivity index is 2.29. The number of benzene rings is 1. The van der Waals surface area contributed by atoms with E-state index >= 15 is 0 Å². The van der Waals surface area contributed by atoms with Crippen LogP contribution in [0.15, 0.2) is 22.7 Å². The van der Waals surface area contributed by atoms with Crippen LogP contribution in [-0.4, -0.2) is 18.1 Å². The first-order chi connectivity index (χ1) is 7.63. The molecule has 16 heavy (non-hydrogen) atoms. The Labute approximate surface area is 112 Å². The second-order valence-electron chi connectivity index (χ2n) is 4.10. The molecule has 1 unspecified atom stereocenters. The molecule has 1 N–H and O–H groups in total. The first-order valence-corrected chi connectivity index (χ1v) is 7.70. The molecule has 0 aromatic heterocycles. The second kappa shape index (κ2) is 7.36. The van der Waals surface area contributed by atoms with E-state index in [0.717, 1.165) is 18.3 Å². The highest BCUT2D eigenvalue weighted by molar-refractivity contribution is 9.10. The van der Waals surface area contributed by atoms with Crippen LogP contribution in [0.2, 0.25) is 0 Å². The van der Waals surface area contributed by atoms with Crippen LogP contribution in [0.25, 0.3) is 0 Å². The van der Waals surface area contributed by atoms with Crippen molar-refractivity contribution in [2.75, 3.05) is 12.8 Å². The molecule has 90 valence electrons. The van der Waals surface area contributed by atoms with Crippen LogP contribution < -0.4 is 5.32 Å². The molecule has 0 heterocycles. The number of aryl methyl sites for hydroxylation is 1. The summed E-state index contributed by atoms with van der Waals surface area (Å²) in [4.78, 5) is 0. The fourth-order valence-corrected chi connectivity index (χ4v) is 2.18. The summed E-state index contributed by atoms with van der Waals surface area (Å²) >= 11 is 5.49. The molecule has 3 heteroatoms. The lowest BCUT2D eigenvalue weighted by molar-refractivity contribution is 0.648. The molecule has 1 aromatic rings. The van der Waals surface area contributed by atoms with Crippen LogP contribution in [-0.2, 0) is 6.54 Å². The van der Waals surface area contributed by atoms with Gasteiger partial charge in [0.05, 0.1) is 0 Å². The third-order valence-corrected chi connectivity index (χ3v) is 4.59.